The Morgan fingerprint density at radius 2 is 1.56 bits per heavy atom. The van der Waals surface area contributed by atoms with Gasteiger partial charge >= 0.3 is 12.1 Å². The van der Waals surface area contributed by atoms with E-state index < -0.39 is 134 Å². The Morgan fingerprint density at radius 1 is 0.854 bits per heavy atom. The van der Waals surface area contributed by atoms with E-state index in [0.29, 0.717) is 0 Å². The topological polar surface area (TPSA) is 327 Å². The molecule has 8 N–H and O–H groups in total. The van der Waals surface area contributed by atoms with Gasteiger partial charge in [-0.1, -0.05) is 71.8 Å². The van der Waals surface area contributed by atoms with E-state index in [2.05, 4.69) is 51.7 Å². The highest BCUT2D eigenvalue weighted by Gasteiger charge is 2.57. The molecule has 2 bridgehead atoms. The second kappa shape index (κ2) is 33.3. The molecule has 4 fully saturated rings. The molecule has 6 aliphatic rings. The van der Waals surface area contributed by atoms with E-state index >= 15 is 4.79 Å². The number of hydroxylamine groups is 1. The van der Waals surface area contributed by atoms with Gasteiger partial charge in [0.2, 0.25) is 5.78 Å². The zero-order valence-electron chi connectivity index (χ0n) is 51.4. The molecule has 1 aromatic rings. The Bertz CT molecular complexity index is 2890. The Hall–Kier alpha value is -4.62. The molecular formula is C59H80N4O22S4. The van der Waals surface area contributed by atoms with Gasteiger partial charge in [-0.2, -0.15) is 17.2 Å². The van der Waals surface area contributed by atoms with Crippen LogP contribution in [0.4, 0.5) is 10.5 Å². The molecule has 492 valence electrons. The van der Waals surface area contributed by atoms with Crippen LogP contribution in [-0.4, -0.2) is 226 Å². The molecule has 2 aliphatic carbocycles. The second-order valence-corrected chi connectivity index (χ2v) is 26.8. The van der Waals surface area contributed by atoms with Crippen molar-refractivity contribution in [3.63, 3.8) is 0 Å². The highest BCUT2D eigenvalue weighted by molar-refractivity contribution is 9.09. The Labute approximate surface area is 533 Å². The summed E-state index contributed by atoms with van der Waals surface area (Å²) in [5.74, 6) is 8.60. The Balaban J connectivity index is 1.27. The first-order chi connectivity index (χ1) is 42.5. The number of anilines is 1. The number of Topliss-reactive ketones (excluding diaryl/α,β-unsaturated/α-hetero) is 1. The number of nitrogens with one attached hydrogen (secondary N) is 4. The largest absolute Gasteiger partial charge is 0.493 e. The van der Waals surface area contributed by atoms with Crippen LogP contribution in [0.2, 0.25) is 0 Å². The monoisotopic (exact) mass is 1320 g/mol. The van der Waals surface area contributed by atoms with Crippen LogP contribution in [0, 0.1) is 23.7 Å². The number of allylic oxidation sites excluding steroid dienone is 2. The molecule has 7 rings (SSSR count). The van der Waals surface area contributed by atoms with Gasteiger partial charge in [0.25, 0.3) is 5.91 Å². The number of ether oxygens (including phenoxy) is 13. The third-order valence-corrected chi connectivity index (χ3v) is 20.2. The summed E-state index contributed by atoms with van der Waals surface area (Å²) in [7, 11) is 10.8. The van der Waals surface area contributed by atoms with Gasteiger partial charge in [0.15, 0.2) is 54.1 Å². The van der Waals surface area contributed by atoms with E-state index in [-0.39, 0.29) is 88.3 Å². The standard InChI is InChI=1S/C59H80N4O22S4/c1-28(2)60-36-27-77-43(25-39(36)73-8)83-52-50(66)47(63-85-45-24-37(64)53(86-12)31(5)79-45)29(3)80-57(52)82-38-18-16-14-15-17-20-59(71)34(19-21-88-89-87-13)46(38)48(62-58(70)76-11)51(67)54(59)84-44-26-42(49(65)30(4)78-44)81-56(69)33-22-40(74-9)41(75-10)23-35(33)61-55(68)32(6)72-7/h14-15,19,22-23,28-31,36-39,42-45,47,49-50,52-54,57,60,63-66,71H,6,21,24-27H2,1-5,7-13H3,(H,61,68)(H,62,70)/b15-14-,34-19-. The molecule has 30 heteroatoms. The summed E-state index contributed by atoms with van der Waals surface area (Å²) in [6.07, 6.45) is -11.7. The van der Waals surface area contributed by atoms with Crippen molar-refractivity contribution < 1.29 is 106 Å². The average molecular weight is 1330 g/mol. The summed E-state index contributed by atoms with van der Waals surface area (Å²) in [5.41, 5.74) is -0.949. The van der Waals surface area contributed by atoms with Crippen LogP contribution < -0.4 is 30.9 Å². The Morgan fingerprint density at radius 3 is 2.22 bits per heavy atom. The van der Waals surface area contributed by atoms with Crippen LogP contribution in [-0.2, 0) is 66.5 Å². The minimum Gasteiger partial charge on any atom is -0.493 e. The summed E-state index contributed by atoms with van der Waals surface area (Å²) >= 11 is 1.47. The average Bonchev–Trinajstić information content (AvgIpc) is 0.971. The number of benzene rings is 1. The molecule has 2 amide bonds. The molecule has 0 aromatic heterocycles. The van der Waals surface area contributed by atoms with Crippen molar-refractivity contribution in [2.24, 2.45) is 0 Å². The quantitative estimate of drug-likeness (QED) is 0.0132. The van der Waals surface area contributed by atoms with Crippen LogP contribution in [0.25, 0.3) is 0 Å². The fourth-order valence-corrected chi connectivity index (χ4v) is 14.1. The maximum Gasteiger partial charge on any atom is 0.411 e. The fourth-order valence-electron chi connectivity index (χ4n) is 10.8. The van der Waals surface area contributed by atoms with Crippen molar-refractivity contribution in [1.29, 1.82) is 0 Å². The first-order valence-electron chi connectivity index (χ1n) is 28.4. The number of rotatable bonds is 25. The number of carbonyl (C=O) groups is 4. The summed E-state index contributed by atoms with van der Waals surface area (Å²) in [6, 6.07) is 1.39. The number of thioether (sulfide) groups is 1. The summed E-state index contributed by atoms with van der Waals surface area (Å²) in [4.78, 5) is 62.5. The van der Waals surface area contributed by atoms with Crippen LogP contribution in [0.15, 0.2) is 59.5 Å². The number of amides is 2. The van der Waals surface area contributed by atoms with Crippen LogP contribution in [0.3, 0.4) is 0 Å². The van der Waals surface area contributed by atoms with Gasteiger partial charge in [0.1, 0.15) is 30.5 Å². The minimum absolute atomic E-state index is 0.0843. The molecule has 19 unspecified atom stereocenters. The number of hydrogen-bond acceptors (Lipinski definition) is 28. The van der Waals surface area contributed by atoms with Gasteiger partial charge in [0, 0.05) is 61.4 Å². The van der Waals surface area contributed by atoms with E-state index in [1.807, 2.05) is 33.3 Å². The normalized spacial score (nSPS) is 34.4. The molecule has 4 aliphatic heterocycles. The van der Waals surface area contributed by atoms with E-state index in [1.54, 1.807) is 20.1 Å². The third-order valence-electron chi connectivity index (χ3n) is 15.2. The van der Waals surface area contributed by atoms with Gasteiger partial charge in [-0.05, 0) is 55.3 Å². The molecule has 19 atom stereocenters. The number of ketones is 1. The maximum absolute atomic E-state index is 15.6. The van der Waals surface area contributed by atoms with Crippen molar-refractivity contribution in [3.8, 4) is 35.2 Å². The number of esters is 1. The Kier molecular flexibility index (Phi) is 26.9. The van der Waals surface area contributed by atoms with Crippen molar-refractivity contribution in [1.82, 2.24) is 16.1 Å². The molecular weight excluding hydrogens is 1240 g/mol. The van der Waals surface area contributed by atoms with E-state index in [0.717, 1.165) is 7.11 Å². The molecule has 0 radical (unpaired) electrons. The maximum atomic E-state index is 15.6. The van der Waals surface area contributed by atoms with E-state index in [9.17, 15) is 34.8 Å². The molecule has 1 aromatic carbocycles. The summed E-state index contributed by atoms with van der Waals surface area (Å²) < 4.78 is 77.9. The number of aliphatic hydroxyl groups is 4. The minimum atomic E-state index is -2.66. The fraction of sp³-hybridized carbons (Fsp3) is 0.627. The first kappa shape index (κ1) is 71.8. The third kappa shape index (κ3) is 17.6. The van der Waals surface area contributed by atoms with Crippen LogP contribution >= 0.6 is 43.2 Å². The van der Waals surface area contributed by atoms with Gasteiger partial charge in [-0.25, -0.2) is 9.59 Å². The van der Waals surface area contributed by atoms with Gasteiger partial charge in [0.05, 0.1) is 99.8 Å². The van der Waals surface area contributed by atoms with Crippen LogP contribution in [0.5, 0.6) is 11.5 Å². The van der Waals surface area contributed by atoms with Gasteiger partial charge < -0.3 is 92.6 Å². The number of carbonyl (C=O) groups excluding carboxylic acids is 4. The van der Waals surface area contributed by atoms with E-state index in [4.69, 9.17) is 66.4 Å². The SMILES string of the molecule is C=C(OC)C(=O)Nc1cc(OC)c(OC)cc1C(=O)OC1CC(OC2C(=O)C(NC(=O)OC)=C3/C(=C/CSSSC)C2(O)C#C/C=C\C#CC3OC2OC(C)C(NOC3CC(O)C(SC)C(C)O3)C(O)C2OC2CC(OC)C(NC(C)C)CO2)OC(C)C1O. The van der Waals surface area contributed by atoms with Crippen LogP contribution in [0.1, 0.15) is 64.2 Å². The first-order valence-corrected chi connectivity index (χ1v) is 33.8. The number of hydrogen-bond donors (Lipinski definition) is 8. The smallest absolute Gasteiger partial charge is 0.411 e. The molecule has 0 spiro atoms. The second-order valence-electron chi connectivity index (χ2n) is 21.4. The molecule has 26 nitrogen and oxygen atoms in total. The zero-order valence-corrected chi connectivity index (χ0v) is 54.6. The van der Waals surface area contributed by atoms with Gasteiger partial charge in [-0.3, -0.25) is 19.7 Å². The zero-order chi connectivity index (χ0) is 64.9. The van der Waals surface area contributed by atoms with Crippen molar-refractivity contribution in [3.05, 3.63) is 65.1 Å². The molecule has 4 heterocycles. The number of methoxy groups -OCH3 is 5. The number of aliphatic hydroxyl groups excluding tert-OH is 3. The number of fused-ring (bicyclic) bond motifs is 2. The molecule has 4 saturated heterocycles. The van der Waals surface area contributed by atoms with Gasteiger partial charge in [-0.15, -0.1) is 0 Å². The van der Waals surface area contributed by atoms with Crippen molar-refractivity contribution in [2.75, 3.05) is 65.7 Å². The summed E-state index contributed by atoms with van der Waals surface area (Å²) in [5, 5.41) is 56.8. The lowest BCUT2D eigenvalue weighted by Gasteiger charge is -2.47. The van der Waals surface area contributed by atoms with Crippen molar-refractivity contribution in [2.45, 2.75) is 175 Å². The highest BCUT2D eigenvalue weighted by Crippen LogP contribution is 2.44. The molecule has 89 heavy (non-hydrogen) atoms. The summed E-state index contributed by atoms with van der Waals surface area (Å²) in [6.45, 7) is 12.6. The predicted molar refractivity (Wildman–Crippen MR) is 330 cm³/mol. The lowest BCUT2D eigenvalue weighted by Crippen LogP contribution is -2.65. The lowest BCUT2D eigenvalue weighted by molar-refractivity contribution is -0.336. The van der Waals surface area contributed by atoms with Crippen molar-refractivity contribution >= 4 is 72.6 Å². The molecule has 0 saturated carbocycles. The number of alkyl carbamates (subject to hydrolysis) is 1. The van der Waals surface area contributed by atoms with E-state index in [1.165, 1.54) is 95.7 Å². The predicted octanol–water partition coefficient (Wildman–Crippen LogP) is 3.42. The lowest BCUT2D eigenvalue weighted by atomic mass is 9.73. The highest BCUT2D eigenvalue weighted by atomic mass is 33.5.